The average molecular weight is 252 g/mol. The minimum Gasteiger partial charge on any atom is -0.466 e. The molecule has 0 heterocycles. The first-order valence-corrected chi connectivity index (χ1v) is 7.18. The van der Waals surface area contributed by atoms with Crippen LogP contribution in [0.3, 0.4) is 0 Å². The lowest BCUT2D eigenvalue weighted by Crippen LogP contribution is -2.00. The molecule has 104 valence electrons. The van der Waals surface area contributed by atoms with E-state index in [2.05, 4.69) is 12.7 Å². The quantitative estimate of drug-likeness (QED) is 0.283. The number of ether oxygens (including phenoxy) is 1. The third-order valence-electron chi connectivity index (χ3n) is 2.84. The number of allylic oxidation sites excluding steroid dienone is 3. The van der Waals surface area contributed by atoms with Crippen LogP contribution in [-0.4, -0.2) is 12.6 Å². The number of hydrogen-bond donors (Lipinski definition) is 0. The van der Waals surface area contributed by atoms with Crippen LogP contribution in [0.4, 0.5) is 0 Å². The molecule has 0 aromatic carbocycles. The molecule has 0 aromatic heterocycles. The van der Waals surface area contributed by atoms with Gasteiger partial charge in [0.25, 0.3) is 0 Å². The van der Waals surface area contributed by atoms with Crippen molar-refractivity contribution in [2.24, 2.45) is 0 Å². The molecule has 0 unspecified atom stereocenters. The summed E-state index contributed by atoms with van der Waals surface area (Å²) in [4.78, 5) is 10.5. The Hall–Kier alpha value is -1.05. The van der Waals surface area contributed by atoms with Crippen molar-refractivity contribution in [3.63, 3.8) is 0 Å². The van der Waals surface area contributed by atoms with E-state index in [4.69, 9.17) is 4.74 Å². The summed E-state index contributed by atoms with van der Waals surface area (Å²) >= 11 is 0. The molecule has 0 N–H and O–H groups in total. The minimum atomic E-state index is -0.166. The van der Waals surface area contributed by atoms with Gasteiger partial charge in [-0.1, -0.05) is 63.3 Å². The van der Waals surface area contributed by atoms with Crippen LogP contribution in [-0.2, 0) is 9.53 Å². The topological polar surface area (TPSA) is 26.3 Å². The summed E-state index contributed by atoms with van der Waals surface area (Å²) in [6, 6.07) is 0. The first kappa shape index (κ1) is 16.9. The van der Waals surface area contributed by atoms with Crippen LogP contribution in [0, 0.1) is 0 Å². The molecule has 0 aliphatic carbocycles. The summed E-state index contributed by atoms with van der Waals surface area (Å²) in [5.74, 6) is -0.166. The predicted octanol–water partition coefficient (Wildman–Crippen LogP) is 4.80. The molecule has 0 aliphatic heterocycles. The molecule has 2 nitrogen and oxygen atoms in total. The van der Waals surface area contributed by atoms with E-state index in [9.17, 15) is 4.79 Å². The highest BCUT2D eigenvalue weighted by Gasteiger charge is 1.94. The third kappa shape index (κ3) is 14.9. The molecule has 0 aromatic rings. The van der Waals surface area contributed by atoms with Gasteiger partial charge in [-0.3, -0.25) is 4.79 Å². The van der Waals surface area contributed by atoms with Gasteiger partial charge in [0.05, 0.1) is 6.61 Å². The number of rotatable bonds is 12. The Morgan fingerprint density at radius 3 is 2.11 bits per heavy atom. The largest absolute Gasteiger partial charge is 0.466 e. The maximum Gasteiger partial charge on any atom is 0.302 e. The van der Waals surface area contributed by atoms with Crippen LogP contribution in [0.15, 0.2) is 24.8 Å². The number of esters is 1. The minimum absolute atomic E-state index is 0.166. The number of carbonyl (C=O) groups is 1. The molecule has 0 radical (unpaired) electrons. The van der Waals surface area contributed by atoms with Gasteiger partial charge in [-0.25, -0.2) is 0 Å². The second-order valence-electron chi connectivity index (χ2n) is 4.62. The number of unbranched alkanes of at least 4 members (excludes halogenated alkanes) is 8. The van der Waals surface area contributed by atoms with Crippen LogP contribution in [0.2, 0.25) is 0 Å². The molecule has 0 spiro atoms. The lowest BCUT2D eigenvalue weighted by Gasteiger charge is -2.02. The predicted molar refractivity (Wildman–Crippen MR) is 77.5 cm³/mol. The third-order valence-corrected chi connectivity index (χ3v) is 2.84. The van der Waals surface area contributed by atoms with Gasteiger partial charge in [0.2, 0.25) is 0 Å². The zero-order chi connectivity index (χ0) is 13.5. The van der Waals surface area contributed by atoms with Gasteiger partial charge in [0.1, 0.15) is 0 Å². The molecule has 18 heavy (non-hydrogen) atoms. The number of hydrogen-bond acceptors (Lipinski definition) is 2. The summed E-state index contributed by atoms with van der Waals surface area (Å²) in [6.07, 6.45) is 17.2. The van der Waals surface area contributed by atoms with E-state index in [0.29, 0.717) is 6.61 Å². The molecule has 0 saturated carbocycles. The summed E-state index contributed by atoms with van der Waals surface area (Å²) in [5, 5.41) is 0. The average Bonchev–Trinajstić information content (AvgIpc) is 2.34. The Labute approximate surface area is 112 Å². The van der Waals surface area contributed by atoms with Crippen molar-refractivity contribution in [1.29, 1.82) is 0 Å². The van der Waals surface area contributed by atoms with Gasteiger partial charge < -0.3 is 4.74 Å². The Morgan fingerprint density at radius 1 is 1.00 bits per heavy atom. The van der Waals surface area contributed by atoms with Crippen molar-refractivity contribution in [3.05, 3.63) is 24.8 Å². The van der Waals surface area contributed by atoms with Crippen LogP contribution in [0.1, 0.15) is 64.7 Å². The van der Waals surface area contributed by atoms with Gasteiger partial charge in [0.15, 0.2) is 0 Å². The molecule has 0 fully saturated rings. The van der Waals surface area contributed by atoms with E-state index < -0.39 is 0 Å². The summed E-state index contributed by atoms with van der Waals surface area (Å²) < 4.78 is 4.88. The van der Waals surface area contributed by atoms with Gasteiger partial charge in [0, 0.05) is 6.92 Å². The van der Waals surface area contributed by atoms with E-state index in [-0.39, 0.29) is 5.97 Å². The van der Waals surface area contributed by atoms with E-state index in [1.54, 1.807) is 0 Å². The summed E-state index contributed by atoms with van der Waals surface area (Å²) in [5.41, 5.74) is 0. The molecule has 0 atom stereocenters. The molecule has 2 heteroatoms. The lowest BCUT2D eigenvalue weighted by molar-refractivity contribution is -0.141. The fourth-order valence-electron chi connectivity index (χ4n) is 1.83. The van der Waals surface area contributed by atoms with Crippen LogP contribution < -0.4 is 0 Å². The van der Waals surface area contributed by atoms with Crippen molar-refractivity contribution in [2.75, 3.05) is 6.61 Å². The van der Waals surface area contributed by atoms with Crippen LogP contribution in [0.5, 0.6) is 0 Å². The zero-order valence-corrected chi connectivity index (χ0v) is 11.8. The standard InChI is InChI=1S/C16H28O2/c1-3-4-5-6-7-8-9-10-11-12-13-14-15-18-16(2)17/h3-5H,1,6-15H2,2H3. The van der Waals surface area contributed by atoms with Crippen molar-refractivity contribution >= 4 is 5.97 Å². The fourth-order valence-corrected chi connectivity index (χ4v) is 1.83. The first-order chi connectivity index (χ1) is 8.77. The van der Waals surface area contributed by atoms with Gasteiger partial charge >= 0.3 is 5.97 Å². The zero-order valence-electron chi connectivity index (χ0n) is 11.8. The molecular weight excluding hydrogens is 224 g/mol. The van der Waals surface area contributed by atoms with Crippen molar-refractivity contribution in [3.8, 4) is 0 Å². The maximum atomic E-state index is 10.5. The smallest absolute Gasteiger partial charge is 0.302 e. The highest BCUT2D eigenvalue weighted by molar-refractivity contribution is 5.65. The molecule has 0 amide bonds. The van der Waals surface area contributed by atoms with Crippen molar-refractivity contribution in [2.45, 2.75) is 64.7 Å². The molecule has 0 bridgehead atoms. The summed E-state index contributed by atoms with van der Waals surface area (Å²) in [6.45, 7) is 5.70. The number of carbonyl (C=O) groups excluding carboxylic acids is 1. The molecule has 0 saturated heterocycles. The highest BCUT2D eigenvalue weighted by Crippen LogP contribution is 2.10. The van der Waals surface area contributed by atoms with Crippen LogP contribution >= 0.6 is 0 Å². The van der Waals surface area contributed by atoms with Gasteiger partial charge in [-0.2, -0.15) is 0 Å². The molecule has 0 aliphatic rings. The van der Waals surface area contributed by atoms with Crippen molar-refractivity contribution < 1.29 is 9.53 Å². The fraction of sp³-hybridized carbons (Fsp3) is 0.688. The normalized spacial score (nSPS) is 10.7. The SMILES string of the molecule is C=CC=CCCCCCCCCCCOC(C)=O. The van der Waals surface area contributed by atoms with E-state index >= 15 is 0 Å². The second-order valence-corrected chi connectivity index (χ2v) is 4.62. The Balaban J connectivity index is 3.01. The van der Waals surface area contributed by atoms with E-state index in [1.165, 1.54) is 58.3 Å². The van der Waals surface area contributed by atoms with E-state index in [1.807, 2.05) is 12.2 Å². The molecule has 0 rings (SSSR count). The second kappa shape index (κ2) is 14.0. The lowest BCUT2D eigenvalue weighted by atomic mass is 10.1. The Morgan fingerprint density at radius 2 is 1.56 bits per heavy atom. The van der Waals surface area contributed by atoms with Crippen molar-refractivity contribution in [1.82, 2.24) is 0 Å². The van der Waals surface area contributed by atoms with Crippen LogP contribution in [0.25, 0.3) is 0 Å². The van der Waals surface area contributed by atoms with Gasteiger partial charge in [-0.15, -0.1) is 0 Å². The summed E-state index contributed by atoms with van der Waals surface area (Å²) in [7, 11) is 0. The first-order valence-electron chi connectivity index (χ1n) is 7.18. The highest BCUT2D eigenvalue weighted by atomic mass is 16.5. The van der Waals surface area contributed by atoms with E-state index in [0.717, 1.165) is 6.42 Å². The Bertz CT molecular complexity index is 231. The Kier molecular flexibility index (Phi) is 13.2. The molecular formula is C16H28O2. The maximum absolute atomic E-state index is 10.5. The monoisotopic (exact) mass is 252 g/mol. The van der Waals surface area contributed by atoms with Gasteiger partial charge in [-0.05, 0) is 19.3 Å².